The average molecular weight is 306 g/mol. The van der Waals surface area contributed by atoms with Gasteiger partial charge < -0.3 is 5.32 Å². The van der Waals surface area contributed by atoms with E-state index >= 15 is 0 Å². The van der Waals surface area contributed by atoms with Crippen molar-refractivity contribution in [3.8, 4) is 0 Å². The van der Waals surface area contributed by atoms with Gasteiger partial charge in [0, 0.05) is 5.56 Å². The molecule has 0 bridgehead atoms. The van der Waals surface area contributed by atoms with Crippen LogP contribution in [-0.2, 0) is 0 Å². The Morgan fingerprint density at radius 3 is 2.14 bits per heavy atom. The molecule has 2 aromatic carbocycles. The van der Waals surface area contributed by atoms with E-state index in [2.05, 4.69) is 39.1 Å². The molecule has 0 fully saturated rings. The van der Waals surface area contributed by atoms with Crippen molar-refractivity contribution in [2.24, 2.45) is 0 Å². The minimum absolute atomic E-state index is 0.160. The fraction of sp³-hybridized carbons (Fsp3) is 0.333. The lowest BCUT2D eigenvalue weighted by atomic mass is 9.86. The van der Waals surface area contributed by atoms with Gasteiger partial charge in [0.1, 0.15) is 5.82 Å². The van der Waals surface area contributed by atoms with E-state index in [0.29, 0.717) is 5.56 Å². The van der Waals surface area contributed by atoms with Gasteiger partial charge in [-0.1, -0.05) is 29.8 Å². The molecule has 1 nitrogen and oxygen atoms in total. The molecule has 0 heterocycles. The van der Waals surface area contributed by atoms with E-state index in [1.807, 2.05) is 7.05 Å². The van der Waals surface area contributed by atoms with Gasteiger partial charge in [0.15, 0.2) is 0 Å². The lowest BCUT2D eigenvalue weighted by molar-refractivity contribution is 0.574. The summed E-state index contributed by atoms with van der Waals surface area (Å²) in [6.45, 7) is 8.35. The number of hydrogen-bond acceptors (Lipinski definition) is 1. The topological polar surface area (TPSA) is 12.0 Å². The first-order valence-electron chi connectivity index (χ1n) is 7.07. The van der Waals surface area contributed by atoms with E-state index in [-0.39, 0.29) is 16.9 Å². The molecule has 0 aliphatic rings. The Morgan fingerprint density at radius 1 is 1.05 bits per heavy atom. The molecule has 1 atom stereocenters. The molecule has 1 N–H and O–H groups in total. The minimum Gasteiger partial charge on any atom is -0.309 e. The number of halogens is 2. The summed E-state index contributed by atoms with van der Waals surface area (Å²) in [6.07, 6.45) is 0. The van der Waals surface area contributed by atoms with E-state index < -0.39 is 0 Å². The van der Waals surface area contributed by atoms with Gasteiger partial charge in [0.05, 0.1) is 11.1 Å². The second-order valence-electron chi connectivity index (χ2n) is 5.54. The van der Waals surface area contributed by atoms with Crippen molar-refractivity contribution in [3.63, 3.8) is 0 Å². The lowest BCUT2D eigenvalue weighted by Gasteiger charge is -2.25. The minimum atomic E-state index is -0.350. The third kappa shape index (κ3) is 2.83. The molecule has 0 saturated carbocycles. The highest BCUT2D eigenvalue weighted by Crippen LogP contribution is 2.33. The first kappa shape index (κ1) is 16.0. The van der Waals surface area contributed by atoms with E-state index in [4.69, 9.17) is 11.6 Å². The molecule has 3 heteroatoms. The Morgan fingerprint density at radius 2 is 1.62 bits per heavy atom. The van der Waals surface area contributed by atoms with Crippen LogP contribution in [0.4, 0.5) is 4.39 Å². The van der Waals surface area contributed by atoms with Gasteiger partial charge in [-0.15, -0.1) is 0 Å². The summed E-state index contributed by atoms with van der Waals surface area (Å²) in [7, 11) is 1.85. The number of rotatable bonds is 3. The van der Waals surface area contributed by atoms with Crippen molar-refractivity contribution in [1.82, 2.24) is 5.32 Å². The Kier molecular flexibility index (Phi) is 4.70. The number of benzene rings is 2. The van der Waals surface area contributed by atoms with E-state index in [1.165, 1.54) is 22.3 Å². The van der Waals surface area contributed by atoms with Crippen molar-refractivity contribution in [2.75, 3.05) is 7.05 Å². The quantitative estimate of drug-likeness (QED) is 0.839. The summed E-state index contributed by atoms with van der Waals surface area (Å²) in [5.74, 6) is -0.350. The Bertz CT molecular complexity index is 653. The summed E-state index contributed by atoms with van der Waals surface area (Å²) >= 11 is 5.94. The van der Waals surface area contributed by atoms with Gasteiger partial charge in [-0.3, -0.25) is 0 Å². The Hall–Kier alpha value is -1.38. The van der Waals surface area contributed by atoms with E-state index in [1.54, 1.807) is 18.2 Å². The third-order valence-electron chi connectivity index (χ3n) is 4.29. The van der Waals surface area contributed by atoms with Crippen LogP contribution in [0.3, 0.4) is 0 Å². The molecule has 0 aliphatic carbocycles. The van der Waals surface area contributed by atoms with Crippen molar-refractivity contribution in [1.29, 1.82) is 0 Å². The van der Waals surface area contributed by atoms with Crippen LogP contribution >= 0.6 is 11.6 Å². The molecule has 21 heavy (non-hydrogen) atoms. The highest BCUT2D eigenvalue weighted by atomic mass is 35.5. The molecular formula is C18H21ClFN. The first-order valence-corrected chi connectivity index (χ1v) is 7.44. The van der Waals surface area contributed by atoms with Gasteiger partial charge in [0.25, 0.3) is 0 Å². The average Bonchev–Trinajstić information content (AvgIpc) is 2.45. The van der Waals surface area contributed by atoms with Crippen LogP contribution in [0.5, 0.6) is 0 Å². The number of hydrogen-bond donors (Lipinski definition) is 1. The van der Waals surface area contributed by atoms with Crippen molar-refractivity contribution in [2.45, 2.75) is 33.7 Å². The van der Waals surface area contributed by atoms with Crippen LogP contribution in [0, 0.1) is 33.5 Å². The molecule has 0 spiro atoms. The fourth-order valence-corrected chi connectivity index (χ4v) is 3.06. The summed E-state index contributed by atoms with van der Waals surface area (Å²) in [4.78, 5) is 0. The predicted molar refractivity (Wildman–Crippen MR) is 87.7 cm³/mol. The highest BCUT2D eigenvalue weighted by molar-refractivity contribution is 6.30. The third-order valence-corrected chi connectivity index (χ3v) is 4.59. The maximum Gasteiger partial charge on any atom is 0.146 e. The van der Waals surface area contributed by atoms with Crippen LogP contribution in [0.1, 0.15) is 39.4 Å². The normalized spacial score (nSPS) is 12.5. The molecule has 1 unspecified atom stereocenters. The van der Waals surface area contributed by atoms with Gasteiger partial charge in [-0.05, 0) is 68.6 Å². The van der Waals surface area contributed by atoms with Crippen LogP contribution in [-0.4, -0.2) is 7.05 Å². The van der Waals surface area contributed by atoms with Crippen molar-refractivity contribution in [3.05, 3.63) is 68.5 Å². The zero-order valence-corrected chi connectivity index (χ0v) is 13.9. The molecule has 0 aliphatic heterocycles. The van der Waals surface area contributed by atoms with Crippen LogP contribution in [0.2, 0.25) is 5.02 Å². The molecule has 112 valence electrons. The van der Waals surface area contributed by atoms with Crippen LogP contribution in [0.15, 0.2) is 24.3 Å². The molecule has 0 aromatic heterocycles. The zero-order chi connectivity index (χ0) is 15.7. The van der Waals surface area contributed by atoms with Gasteiger partial charge in [-0.2, -0.15) is 0 Å². The molecule has 2 rings (SSSR count). The molecular weight excluding hydrogens is 285 g/mol. The van der Waals surface area contributed by atoms with Gasteiger partial charge in [0.2, 0.25) is 0 Å². The second-order valence-corrected chi connectivity index (χ2v) is 5.95. The highest BCUT2D eigenvalue weighted by Gasteiger charge is 2.22. The van der Waals surface area contributed by atoms with Crippen molar-refractivity contribution >= 4 is 11.6 Å². The summed E-state index contributed by atoms with van der Waals surface area (Å²) in [6, 6.07) is 7.13. The SMILES string of the molecule is CNC(c1cccc(Cl)c1F)c1c(C)c(C)cc(C)c1C. The number of aryl methyl sites for hydroxylation is 2. The second kappa shape index (κ2) is 6.17. The smallest absolute Gasteiger partial charge is 0.146 e. The van der Waals surface area contributed by atoms with Crippen LogP contribution < -0.4 is 5.32 Å². The molecule has 2 aromatic rings. The maximum atomic E-state index is 14.4. The summed E-state index contributed by atoms with van der Waals surface area (Å²) in [5, 5.41) is 3.40. The largest absolute Gasteiger partial charge is 0.309 e. The first-order chi connectivity index (χ1) is 9.88. The lowest BCUT2D eigenvalue weighted by Crippen LogP contribution is -2.22. The van der Waals surface area contributed by atoms with Crippen LogP contribution in [0.25, 0.3) is 0 Å². The zero-order valence-electron chi connectivity index (χ0n) is 13.1. The Balaban J connectivity index is 2.71. The molecule has 0 saturated heterocycles. The molecule has 0 radical (unpaired) electrons. The summed E-state index contributed by atoms with van der Waals surface area (Å²) < 4.78 is 14.4. The van der Waals surface area contributed by atoms with Gasteiger partial charge >= 0.3 is 0 Å². The standard InChI is InChI=1S/C18H21ClFN/c1-10-9-11(2)13(4)16(12(10)3)18(21-5)14-7-6-8-15(19)17(14)20/h6-9,18,21H,1-5H3. The summed E-state index contributed by atoms with van der Waals surface area (Å²) in [5.41, 5.74) is 6.54. The monoisotopic (exact) mass is 305 g/mol. The maximum absolute atomic E-state index is 14.4. The van der Waals surface area contributed by atoms with E-state index in [9.17, 15) is 4.39 Å². The van der Waals surface area contributed by atoms with Gasteiger partial charge in [-0.25, -0.2) is 4.39 Å². The fourth-order valence-electron chi connectivity index (χ4n) is 2.88. The van der Waals surface area contributed by atoms with Crippen molar-refractivity contribution < 1.29 is 4.39 Å². The number of nitrogens with one attached hydrogen (secondary N) is 1. The predicted octanol–water partition coefficient (Wildman–Crippen LogP) is 5.02. The van der Waals surface area contributed by atoms with E-state index in [0.717, 1.165) is 5.56 Å². The Labute approximate surface area is 131 Å². The molecule has 0 amide bonds.